The summed E-state index contributed by atoms with van der Waals surface area (Å²) in [5, 5.41) is 7.45. The molecule has 0 saturated carbocycles. The first-order chi connectivity index (χ1) is 8.42. The summed E-state index contributed by atoms with van der Waals surface area (Å²) in [4.78, 5) is 6.96. The van der Waals surface area contributed by atoms with E-state index < -0.39 is 0 Å². The monoisotopic (exact) mass is 236 g/mol. The van der Waals surface area contributed by atoms with Gasteiger partial charge in [0.2, 0.25) is 5.89 Å². The van der Waals surface area contributed by atoms with Crippen LogP contribution < -0.4 is 5.32 Å². The van der Waals surface area contributed by atoms with Gasteiger partial charge in [-0.2, -0.15) is 4.98 Å². The Morgan fingerprint density at radius 1 is 1.29 bits per heavy atom. The summed E-state index contributed by atoms with van der Waals surface area (Å²) in [5.41, 5.74) is 0. The fraction of sp³-hybridized carbons (Fsp3) is 0.833. The highest BCUT2D eigenvalue weighted by Crippen LogP contribution is 2.21. The maximum absolute atomic E-state index is 5.32. The zero-order valence-electron chi connectivity index (χ0n) is 10.2. The number of aromatic nitrogens is 2. The van der Waals surface area contributed by atoms with E-state index in [1.54, 1.807) is 0 Å². The molecule has 2 aliphatic rings. The van der Waals surface area contributed by atoms with Crippen LogP contribution >= 0.6 is 0 Å². The van der Waals surface area contributed by atoms with E-state index >= 15 is 0 Å². The van der Waals surface area contributed by atoms with E-state index in [-0.39, 0.29) is 0 Å². The number of hydrogen-bond acceptors (Lipinski definition) is 5. The molecule has 2 saturated heterocycles. The minimum absolute atomic E-state index is 0.294. The fourth-order valence-corrected chi connectivity index (χ4v) is 2.67. The highest BCUT2D eigenvalue weighted by molar-refractivity contribution is 4.95. The Morgan fingerprint density at radius 3 is 2.94 bits per heavy atom. The predicted octanol–water partition coefficient (Wildman–Crippen LogP) is 1.13. The second-order valence-corrected chi connectivity index (χ2v) is 5.00. The smallest absolute Gasteiger partial charge is 0.243 e. The van der Waals surface area contributed by atoms with Crippen molar-refractivity contribution in [3.05, 3.63) is 11.7 Å². The van der Waals surface area contributed by atoms with Crippen molar-refractivity contribution in [3.63, 3.8) is 0 Å². The molecule has 94 valence electrons. The highest BCUT2D eigenvalue weighted by Gasteiger charge is 2.22. The lowest BCUT2D eigenvalue weighted by Crippen LogP contribution is -2.22. The van der Waals surface area contributed by atoms with Gasteiger partial charge in [0.1, 0.15) is 0 Å². The topological polar surface area (TPSA) is 54.2 Å². The summed E-state index contributed by atoms with van der Waals surface area (Å²) < 4.78 is 5.32. The van der Waals surface area contributed by atoms with Gasteiger partial charge in [-0.25, -0.2) is 0 Å². The summed E-state index contributed by atoms with van der Waals surface area (Å²) in [6.45, 7) is 4.59. The van der Waals surface area contributed by atoms with E-state index in [4.69, 9.17) is 4.52 Å². The largest absolute Gasteiger partial charge is 0.338 e. The van der Waals surface area contributed by atoms with Crippen molar-refractivity contribution in [2.24, 2.45) is 0 Å². The second kappa shape index (κ2) is 5.14. The molecule has 2 fully saturated rings. The molecule has 1 atom stereocenters. The SMILES string of the molecule is C1CNC(c2nc(CCN3CCCC3)no2)C1. The minimum atomic E-state index is 0.294. The summed E-state index contributed by atoms with van der Waals surface area (Å²) in [5.74, 6) is 1.64. The Kier molecular flexibility index (Phi) is 3.38. The molecule has 1 unspecified atom stereocenters. The molecule has 1 aromatic rings. The molecule has 0 aromatic carbocycles. The normalized spacial score (nSPS) is 25.8. The average Bonchev–Trinajstić information content (AvgIpc) is 3.09. The van der Waals surface area contributed by atoms with E-state index in [9.17, 15) is 0 Å². The Bertz CT molecular complexity index is 353. The van der Waals surface area contributed by atoms with Crippen molar-refractivity contribution in [1.29, 1.82) is 0 Å². The Labute approximate surface area is 102 Å². The number of hydrogen-bond donors (Lipinski definition) is 1. The third-order valence-electron chi connectivity index (χ3n) is 3.69. The number of nitrogens with one attached hydrogen (secondary N) is 1. The van der Waals surface area contributed by atoms with Crippen LogP contribution in [0, 0.1) is 0 Å². The van der Waals surface area contributed by atoms with Gasteiger partial charge in [0.05, 0.1) is 6.04 Å². The maximum Gasteiger partial charge on any atom is 0.243 e. The molecule has 17 heavy (non-hydrogen) atoms. The van der Waals surface area contributed by atoms with Crippen molar-refractivity contribution < 1.29 is 4.52 Å². The van der Waals surface area contributed by atoms with Crippen LogP contribution in [0.1, 0.15) is 43.4 Å². The predicted molar refractivity (Wildman–Crippen MR) is 63.7 cm³/mol. The number of rotatable bonds is 4. The molecule has 1 aromatic heterocycles. The van der Waals surface area contributed by atoms with Crippen molar-refractivity contribution in [1.82, 2.24) is 20.4 Å². The minimum Gasteiger partial charge on any atom is -0.338 e. The van der Waals surface area contributed by atoms with Gasteiger partial charge in [-0.05, 0) is 45.3 Å². The highest BCUT2D eigenvalue weighted by atomic mass is 16.5. The van der Waals surface area contributed by atoms with Crippen LogP contribution in [0.3, 0.4) is 0 Å². The summed E-state index contributed by atoms with van der Waals surface area (Å²) in [7, 11) is 0. The van der Waals surface area contributed by atoms with Crippen LogP contribution in [0.2, 0.25) is 0 Å². The molecule has 2 aliphatic heterocycles. The molecular weight excluding hydrogens is 216 g/mol. The van der Waals surface area contributed by atoms with E-state index in [1.807, 2.05) is 0 Å². The molecule has 5 heteroatoms. The van der Waals surface area contributed by atoms with Gasteiger partial charge in [0.25, 0.3) is 0 Å². The quantitative estimate of drug-likeness (QED) is 0.849. The maximum atomic E-state index is 5.32. The van der Waals surface area contributed by atoms with Crippen LogP contribution in [0.5, 0.6) is 0 Å². The molecule has 3 rings (SSSR count). The van der Waals surface area contributed by atoms with Crippen molar-refractivity contribution in [2.45, 2.75) is 38.1 Å². The lowest BCUT2D eigenvalue weighted by Gasteiger charge is -2.11. The van der Waals surface area contributed by atoms with Crippen LogP contribution in [-0.2, 0) is 6.42 Å². The van der Waals surface area contributed by atoms with Gasteiger partial charge in [-0.15, -0.1) is 0 Å². The lowest BCUT2D eigenvalue weighted by molar-refractivity contribution is 0.327. The van der Waals surface area contributed by atoms with Gasteiger partial charge >= 0.3 is 0 Å². The third-order valence-corrected chi connectivity index (χ3v) is 3.69. The average molecular weight is 236 g/mol. The summed E-state index contributed by atoms with van der Waals surface area (Å²) in [6, 6.07) is 0.294. The standard InChI is InChI=1S/C12H20N4O/c1-2-8-16(7-1)9-5-11-14-12(17-15-11)10-4-3-6-13-10/h10,13H,1-9H2. The summed E-state index contributed by atoms with van der Waals surface area (Å²) in [6.07, 6.45) is 5.91. The van der Waals surface area contributed by atoms with E-state index in [0.29, 0.717) is 6.04 Å². The molecule has 0 radical (unpaired) electrons. The van der Waals surface area contributed by atoms with Crippen molar-refractivity contribution >= 4 is 0 Å². The fourth-order valence-electron chi connectivity index (χ4n) is 2.67. The van der Waals surface area contributed by atoms with E-state index in [2.05, 4.69) is 20.4 Å². The van der Waals surface area contributed by atoms with Gasteiger partial charge < -0.3 is 14.7 Å². The third kappa shape index (κ3) is 2.66. The van der Waals surface area contributed by atoms with Crippen LogP contribution in [-0.4, -0.2) is 41.2 Å². The zero-order chi connectivity index (χ0) is 11.5. The Morgan fingerprint density at radius 2 is 2.18 bits per heavy atom. The van der Waals surface area contributed by atoms with Gasteiger partial charge in [-0.1, -0.05) is 5.16 Å². The molecular formula is C12H20N4O. The van der Waals surface area contributed by atoms with Crippen molar-refractivity contribution in [3.8, 4) is 0 Å². The van der Waals surface area contributed by atoms with Gasteiger partial charge in [-0.3, -0.25) is 0 Å². The van der Waals surface area contributed by atoms with Crippen LogP contribution in [0.25, 0.3) is 0 Å². The number of likely N-dealkylation sites (tertiary alicyclic amines) is 1. The molecule has 1 N–H and O–H groups in total. The molecule has 0 aliphatic carbocycles. The van der Waals surface area contributed by atoms with E-state index in [0.717, 1.165) is 37.6 Å². The molecule has 0 amide bonds. The molecule has 3 heterocycles. The first-order valence-corrected chi connectivity index (χ1v) is 6.70. The lowest BCUT2D eigenvalue weighted by atomic mass is 10.2. The van der Waals surface area contributed by atoms with Crippen LogP contribution in [0.15, 0.2) is 4.52 Å². The second-order valence-electron chi connectivity index (χ2n) is 5.00. The molecule has 0 spiro atoms. The van der Waals surface area contributed by atoms with Gasteiger partial charge in [0.15, 0.2) is 5.82 Å². The summed E-state index contributed by atoms with van der Waals surface area (Å²) >= 11 is 0. The van der Waals surface area contributed by atoms with Crippen LogP contribution in [0.4, 0.5) is 0 Å². The van der Waals surface area contributed by atoms with Crippen molar-refractivity contribution in [2.75, 3.05) is 26.2 Å². The van der Waals surface area contributed by atoms with Gasteiger partial charge in [0, 0.05) is 13.0 Å². The zero-order valence-corrected chi connectivity index (χ0v) is 10.2. The number of nitrogens with zero attached hydrogens (tertiary/aromatic N) is 3. The molecule has 5 nitrogen and oxygen atoms in total. The first-order valence-electron chi connectivity index (χ1n) is 6.70. The first kappa shape index (κ1) is 11.2. The Hall–Kier alpha value is -0.940. The molecule has 0 bridgehead atoms. The Balaban J connectivity index is 1.52. The van der Waals surface area contributed by atoms with E-state index in [1.165, 1.54) is 32.4 Å².